The summed E-state index contributed by atoms with van der Waals surface area (Å²) in [6.07, 6.45) is 5.44. The largest absolute Gasteiger partial charge is 0.335 e. The van der Waals surface area contributed by atoms with Crippen LogP contribution in [-0.4, -0.2) is 11.7 Å². The molecule has 3 heteroatoms. The van der Waals surface area contributed by atoms with Gasteiger partial charge in [-0.3, -0.25) is 0 Å². The van der Waals surface area contributed by atoms with Gasteiger partial charge in [-0.2, -0.15) is 0 Å². The normalized spacial score (nSPS) is 19.2. The minimum atomic E-state index is -0.263. The predicted octanol–water partition coefficient (Wildman–Crippen LogP) is 4.59. The van der Waals surface area contributed by atoms with Gasteiger partial charge in [0, 0.05) is 0 Å². The van der Waals surface area contributed by atoms with E-state index in [1.54, 1.807) is 0 Å². The standard InChI is InChI=1S/C18H23NO2/c1-18(2,3)13-17(20)21-19-16-11-7-10-15(16)12-14-8-5-4-6-9-14/h4-6,8-9,12H,7,10-11,13H2,1-3H3/b15-12+,19-16-. The molecule has 1 saturated carbocycles. The van der Waals surface area contributed by atoms with Gasteiger partial charge in [-0.15, -0.1) is 0 Å². The zero-order chi connectivity index (χ0) is 15.3. The van der Waals surface area contributed by atoms with E-state index in [2.05, 4.69) is 23.4 Å². The van der Waals surface area contributed by atoms with Gasteiger partial charge in [0.05, 0.1) is 12.1 Å². The maximum absolute atomic E-state index is 11.7. The van der Waals surface area contributed by atoms with Crippen LogP contribution in [0.5, 0.6) is 0 Å². The van der Waals surface area contributed by atoms with E-state index >= 15 is 0 Å². The molecule has 1 aromatic carbocycles. The lowest BCUT2D eigenvalue weighted by molar-refractivity contribution is -0.145. The van der Waals surface area contributed by atoms with Crippen molar-refractivity contribution in [1.29, 1.82) is 0 Å². The van der Waals surface area contributed by atoms with Crippen LogP contribution in [-0.2, 0) is 9.63 Å². The third kappa shape index (κ3) is 5.18. The summed E-state index contributed by atoms with van der Waals surface area (Å²) in [4.78, 5) is 16.8. The van der Waals surface area contributed by atoms with Gasteiger partial charge < -0.3 is 4.84 Å². The summed E-state index contributed by atoms with van der Waals surface area (Å²) in [6.45, 7) is 6.03. The number of benzene rings is 1. The van der Waals surface area contributed by atoms with Crippen LogP contribution in [0.3, 0.4) is 0 Å². The van der Waals surface area contributed by atoms with E-state index in [0.29, 0.717) is 6.42 Å². The zero-order valence-corrected chi connectivity index (χ0v) is 13.1. The van der Waals surface area contributed by atoms with Crippen molar-refractivity contribution in [3.05, 3.63) is 41.5 Å². The Kier molecular flexibility index (Phi) is 4.94. The van der Waals surface area contributed by atoms with Crippen LogP contribution >= 0.6 is 0 Å². The summed E-state index contributed by atoms with van der Waals surface area (Å²) in [6, 6.07) is 10.2. The number of carbonyl (C=O) groups is 1. The molecule has 0 aliphatic heterocycles. The Labute approximate surface area is 126 Å². The van der Waals surface area contributed by atoms with Crippen molar-refractivity contribution in [1.82, 2.24) is 0 Å². The van der Waals surface area contributed by atoms with Gasteiger partial charge in [-0.25, -0.2) is 4.79 Å². The van der Waals surface area contributed by atoms with Gasteiger partial charge in [0.2, 0.25) is 0 Å². The summed E-state index contributed by atoms with van der Waals surface area (Å²) < 4.78 is 0. The van der Waals surface area contributed by atoms with E-state index < -0.39 is 0 Å². The quantitative estimate of drug-likeness (QED) is 0.602. The first kappa shape index (κ1) is 15.5. The maximum atomic E-state index is 11.7. The fraction of sp³-hybridized carbons (Fsp3) is 0.444. The van der Waals surface area contributed by atoms with Gasteiger partial charge in [0.15, 0.2) is 0 Å². The molecule has 3 nitrogen and oxygen atoms in total. The Morgan fingerprint density at radius 3 is 2.62 bits per heavy atom. The number of oxime groups is 1. The molecule has 1 aromatic rings. The van der Waals surface area contributed by atoms with Gasteiger partial charge in [-0.05, 0) is 41.9 Å². The fourth-order valence-electron chi connectivity index (χ4n) is 2.33. The van der Waals surface area contributed by atoms with E-state index in [1.165, 1.54) is 5.57 Å². The predicted molar refractivity (Wildman–Crippen MR) is 85.9 cm³/mol. The highest BCUT2D eigenvalue weighted by atomic mass is 16.7. The van der Waals surface area contributed by atoms with E-state index in [-0.39, 0.29) is 11.4 Å². The lowest BCUT2D eigenvalue weighted by Crippen LogP contribution is -2.14. The van der Waals surface area contributed by atoms with Crippen LogP contribution in [0.1, 0.15) is 52.0 Å². The zero-order valence-electron chi connectivity index (χ0n) is 13.1. The summed E-state index contributed by atoms with van der Waals surface area (Å²) in [5, 5.41) is 4.08. The van der Waals surface area contributed by atoms with Crippen molar-refractivity contribution < 1.29 is 9.63 Å². The molecule has 0 saturated heterocycles. The molecule has 0 heterocycles. The molecule has 1 fully saturated rings. The molecule has 1 aliphatic rings. The average molecular weight is 285 g/mol. The number of carbonyl (C=O) groups excluding carboxylic acids is 1. The molecule has 0 bridgehead atoms. The topological polar surface area (TPSA) is 38.7 Å². The van der Waals surface area contributed by atoms with Crippen molar-refractivity contribution in [2.24, 2.45) is 10.6 Å². The van der Waals surface area contributed by atoms with Crippen LogP contribution in [0.4, 0.5) is 0 Å². The van der Waals surface area contributed by atoms with E-state index in [0.717, 1.165) is 30.5 Å². The maximum Gasteiger partial charge on any atom is 0.335 e. The first-order chi connectivity index (χ1) is 9.94. The molecular formula is C18H23NO2. The highest BCUT2D eigenvalue weighted by molar-refractivity contribution is 6.05. The van der Waals surface area contributed by atoms with Crippen LogP contribution in [0.2, 0.25) is 0 Å². The van der Waals surface area contributed by atoms with Crippen LogP contribution in [0, 0.1) is 5.41 Å². The highest BCUT2D eigenvalue weighted by Crippen LogP contribution is 2.25. The van der Waals surface area contributed by atoms with Gasteiger partial charge in [0.25, 0.3) is 0 Å². The SMILES string of the molecule is CC(C)(C)CC(=O)O/N=C1/CCC/C1=C\c1ccccc1. The Balaban J connectivity index is 2.03. The molecule has 0 atom stereocenters. The van der Waals surface area contributed by atoms with Crippen molar-refractivity contribution in [3.63, 3.8) is 0 Å². The monoisotopic (exact) mass is 285 g/mol. The Bertz CT molecular complexity index is 550. The Morgan fingerprint density at radius 1 is 1.24 bits per heavy atom. The Hall–Kier alpha value is -1.90. The van der Waals surface area contributed by atoms with E-state index in [4.69, 9.17) is 4.84 Å². The first-order valence-corrected chi connectivity index (χ1v) is 7.47. The number of nitrogens with zero attached hydrogens (tertiary/aromatic N) is 1. The third-order valence-electron chi connectivity index (χ3n) is 3.30. The number of hydrogen-bond donors (Lipinski definition) is 0. The smallest absolute Gasteiger partial charge is 0.318 e. The second-order valence-corrected chi connectivity index (χ2v) is 6.67. The van der Waals surface area contributed by atoms with E-state index in [9.17, 15) is 4.79 Å². The number of hydrogen-bond acceptors (Lipinski definition) is 3. The van der Waals surface area contributed by atoms with Gasteiger partial charge in [0.1, 0.15) is 0 Å². The van der Waals surface area contributed by atoms with Crippen molar-refractivity contribution >= 4 is 17.8 Å². The summed E-state index contributed by atoms with van der Waals surface area (Å²) in [5.41, 5.74) is 3.16. The summed E-state index contributed by atoms with van der Waals surface area (Å²) in [7, 11) is 0. The third-order valence-corrected chi connectivity index (χ3v) is 3.30. The van der Waals surface area contributed by atoms with Gasteiger partial charge in [-0.1, -0.05) is 56.3 Å². The molecule has 112 valence electrons. The average Bonchev–Trinajstić information content (AvgIpc) is 2.83. The van der Waals surface area contributed by atoms with Crippen LogP contribution in [0.15, 0.2) is 41.1 Å². The molecule has 21 heavy (non-hydrogen) atoms. The number of rotatable bonds is 3. The summed E-state index contributed by atoms with van der Waals surface area (Å²) in [5.74, 6) is -0.263. The highest BCUT2D eigenvalue weighted by Gasteiger charge is 2.19. The molecule has 1 aliphatic carbocycles. The van der Waals surface area contributed by atoms with Crippen molar-refractivity contribution in [2.45, 2.75) is 46.5 Å². The second-order valence-electron chi connectivity index (χ2n) is 6.67. The minimum Gasteiger partial charge on any atom is -0.318 e. The molecule has 0 N–H and O–H groups in total. The molecule has 2 rings (SSSR count). The first-order valence-electron chi connectivity index (χ1n) is 7.47. The van der Waals surface area contributed by atoms with Crippen LogP contribution < -0.4 is 0 Å². The molecule has 0 radical (unpaired) electrons. The van der Waals surface area contributed by atoms with Crippen molar-refractivity contribution in [3.8, 4) is 0 Å². The lowest BCUT2D eigenvalue weighted by Gasteiger charge is -2.14. The van der Waals surface area contributed by atoms with Crippen LogP contribution in [0.25, 0.3) is 6.08 Å². The molecule has 0 aromatic heterocycles. The summed E-state index contributed by atoms with van der Waals surface area (Å²) >= 11 is 0. The fourth-order valence-corrected chi connectivity index (χ4v) is 2.33. The molecule has 0 amide bonds. The number of allylic oxidation sites excluding steroid dienone is 1. The van der Waals surface area contributed by atoms with E-state index in [1.807, 2.05) is 39.0 Å². The van der Waals surface area contributed by atoms with Crippen molar-refractivity contribution in [2.75, 3.05) is 0 Å². The molecular weight excluding hydrogens is 262 g/mol. The lowest BCUT2D eigenvalue weighted by atomic mass is 9.93. The van der Waals surface area contributed by atoms with Gasteiger partial charge >= 0.3 is 5.97 Å². The molecule has 0 unspecified atom stereocenters. The minimum absolute atomic E-state index is 0.0738. The second kappa shape index (κ2) is 6.70. The molecule has 0 spiro atoms. The Morgan fingerprint density at radius 2 is 1.95 bits per heavy atom.